The fourth-order valence-electron chi connectivity index (χ4n) is 1.89. The maximum atomic E-state index is 11.4. The summed E-state index contributed by atoms with van der Waals surface area (Å²) in [5, 5.41) is 4.22. The highest BCUT2D eigenvalue weighted by atomic mass is 16.5. The van der Waals surface area contributed by atoms with Gasteiger partial charge in [0.2, 0.25) is 5.95 Å². The quantitative estimate of drug-likeness (QED) is 0.651. The van der Waals surface area contributed by atoms with Crippen LogP contribution in [-0.2, 0) is 0 Å². The molecule has 0 saturated heterocycles. The summed E-state index contributed by atoms with van der Waals surface area (Å²) in [7, 11) is 3.16. The third-order valence-electron chi connectivity index (χ3n) is 3.00. The molecular weight excluding hydrogens is 284 g/mol. The zero-order valence-electron chi connectivity index (χ0n) is 12.9. The largest absolute Gasteiger partial charge is 0.493 e. The summed E-state index contributed by atoms with van der Waals surface area (Å²) in [6, 6.07) is 6.91. The van der Waals surface area contributed by atoms with Gasteiger partial charge >= 0.3 is 0 Å². The number of aromatic nitrogens is 2. The van der Waals surface area contributed by atoms with E-state index in [0.717, 1.165) is 5.56 Å². The van der Waals surface area contributed by atoms with E-state index in [1.807, 2.05) is 19.1 Å². The van der Waals surface area contributed by atoms with Crippen molar-refractivity contribution >= 4 is 11.7 Å². The molecule has 7 nitrogen and oxygen atoms in total. The predicted molar refractivity (Wildman–Crippen MR) is 85.0 cm³/mol. The van der Waals surface area contributed by atoms with Crippen LogP contribution in [0.15, 0.2) is 34.2 Å². The normalized spacial score (nSPS) is 11.2. The monoisotopic (exact) mass is 302 g/mol. The Morgan fingerprint density at radius 1 is 1.23 bits per heavy atom. The molecule has 0 bridgehead atoms. The predicted octanol–water partition coefficient (Wildman–Crippen LogP) is 1.93. The van der Waals surface area contributed by atoms with Crippen LogP contribution < -0.4 is 20.5 Å². The van der Waals surface area contributed by atoms with E-state index in [-0.39, 0.29) is 5.56 Å². The Morgan fingerprint density at radius 3 is 2.59 bits per heavy atom. The standard InChI is InChI=1S/C15H18N4O3/c1-9-7-14(20)17-15(16-9)19-18-10(2)11-5-6-12(21-3)13(8-11)22-4/h5-8H,1-4H3,(H2,16,17,19,20)/b18-10+. The second kappa shape index (κ2) is 6.75. The molecular formula is C15H18N4O3. The molecule has 1 heterocycles. The Bertz CT molecular complexity index is 753. The third-order valence-corrected chi connectivity index (χ3v) is 3.00. The van der Waals surface area contributed by atoms with Gasteiger partial charge in [0, 0.05) is 17.3 Å². The van der Waals surface area contributed by atoms with Crippen molar-refractivity contribution in [1.29, 1.82) is 0 Å². The number of benzene rings is 1. The summed E-state index contributed by atoms with van der Waals surface area (Å²) in [4.78, 5) is 18.1. The minimum absolute atomic E-state index is 0.228. The van der Waals surface area contributed by atoms with E-state index in [2.05, 4.69) is 20.5 Å². The molecule has 0 saturated carbocycles. The van der Waals surface area contributed by atoms with Gasteiger partial charge in [0.25, 0.3) is 5.56 Å². The molecule has 0 aliphatic heterocycles. The minimum Gasteiger partial charge on any atom is -0.493 e. The fraction of sp³-hybridized carbons (Fsp3) is 0.267. The van der Waals surface area contributed by atoms with E-state index >= 15 is 0 Å². The van der Waals surface area contributed by atoms with Crippen LogP contribution in [0.2, 0.25) is 0 Å². The van der Waals surface area contributed by atoms with Gasteiger partial charge in [0.05, 0.1) is 19.9 Å². The average Bonchev–Trinajstić information content (AvgIpc) is 2.51. The van der Waals surface area contributed by atoms with Crippen LogP contribution in [0.25, 0.3) is 0 Å². The van der Waals surface area contributed by atoms with Crippen molar-refractivity contribution in [2.75, 3.05) is 19.6 Å². The minimum atomic E-state index is -0.228. The van der Waals surface area contributed by atoms with E-state index in [1.54, 1.807) is 27.2 Å². The fourth-order valence-corrected chi connectivity index (χ4v) is 1.89. The lowest BCUT2D eigenvalue weighted by molar-refractivity contribution is 0.355. The van der Waals surface area contributed by atoms with Gasteiger partial charge in [0.15, 0.2) is 11.5 Å². The number of anilines is 1. The van der Waals surface area contributed by atoms with Crippen molar-refractivity contribution in [2.45, 2.75) is 13.8 Å². The Labute approximate surface area is 128 Å². The van der Waals surface area contributed by atoms with Crippen molar-refractivity contribution < 1.29 is 9.47 Å². The van der Waals surface area contributed by atoms with Crippen molar-refractivity contribution in [3.63, 3.8) is 0 Å². The number of nitrogens with zero attached hydrogens (tertiary/aromatic N) is 2. The number of nitrogens with one attached hydrogen (secondary N) is 2. The van der Waals surface area contributed by atoms with E-state index in [9.17, 15) is 4.79 Å². The van der Waals surface area contributed by atoms with Crippen LogP contribution in [0.3, 0.4) is 0 Å². The first kappa shape index (κ1) is 15.6. The molecule has 2 N–H and O–H groups in total. The van der Waals surface area contributed by atoms with Crippen LogP contribution in [0.4, 0.5) is 5.95 Å². The van der Waals surface area contributed by atoms with Crippen molar-refractivity contribution in [1.82, 2.24) is 9.97 Å². The molecule has 0 aliphatic carbocycles. The topological polar surface area (TPSA) is 88.6 Å². The maximum absolute atomic E-state index is 11.4. The second-order valence-electron chi connectivity index (χ2n) is 4.61. The highest BCUT2D eigenvalue weighted by Crippen LogP contribution is 2.27. The van der Waals surface area contributed by atoms with Gasteiger partial charge in [-0.2, -0.15) is 5.10 Å². The van der Waals surface area contributed by atoms with Gasteiger partial charge in [-0.15, -0.1) is 0 Å². The number of ether oxygens (including phenoxy) is 2. The number of hydrogen-bond acceptors (Lipinski definition) is 6. The van der Waals surface area contributed by atoms with Gasteiger partial charge in [-0.05, 0) is 32.0 Å². The molecule has 2 rings (SSSR count). The number of aryl methyl sites for hydroxylation is 1. The SMILES string of the molecule is COc1ccc(/C(C)=N/Nc2nc(C)cc(=O)[nH]2)cc1OC. The Hall–Kier alpha value is -2.83. The molecule has 0 unspecified atom stereocenters. The maximum Gasteiger partial charge on any atom is 0.252 e. The molecule has 0 spiro atoms. The number of H-pyrrole nitrogens is 1. The molecule has 0 radical (unpaired) electrons. The summed E-state index contributed by atoms with van der Waals surface area (Å²) >= 11 is 0. The van der Waals surface area contributed by atoms with Crippen molar-refractivity contribution in [3.05, 3.63) is 45.9 Å². The number of hydrogen-bond donors (Lipinski definition) is 2. The van der Waals surface area contributed by atoms with E-state index in [0.29, 0.717) is 28.9 Å². The first-order valence-electron chi connectivity index (χ1n) is 6.64. The van der Waals surface area contributed by atoms with Gasteiger partial charge in [0.1, 0.15) is 0 Å². The molecule has 116 valence electrons. The summed E-state index contributed by atoms with van der Waals surface area (Å²) in [6.07, 6.45) is 0. The van der Waals surface area contributed by atoms with Crippen molar-refractivity contribution in [3.8, 4) is 11.5 Å². The molecule has 1 aromatic carbocycles. The zero-order valence-corrected chi connectivity index (χ0v) is 12.9. The highest BCUT2D eigenvalue weighted by Gasteiger charge is 2.06. The highest BCUT2D eigenvalue weighted by molar-refractivity contribution is 5.99. The van der Waals surface area contributed by atoms with Gasteiger partial charge in [-0.3, -0.25) is 9.78 Å². The molecule has 2 aromatic rings. The number of aromatic amines is 1. The zero-order chi connectivity index (χ0) is 16.1. The van der Waals surface area contributed by atoms with Crippen LogP contribution in [0, 0.1) is 6.92 Å². The summed E-state index contributed by atoms with van der Waals surface area (Å²) in [5.41, 5.74) is 4.70. The first-order chi connectivity index (χ1) is 10.5. The average molecular weight is 302 g/mol. The van der Waals surface area contributed by atoms with E-state index in [1.165, 1.54) is 6.07 Å². The molecule has 0 fully saturated rings. The molecule has 0 amide bonds. The number of methoxy groups -OCH3 is 2. The summed E-state index contributed by atoms with van der Waals surface area (Å²) in [5.74, 6) is 1.57. The molecule has 22 heavy (non-hydrogen) atoms. The second-order valence-corrected chi connectivity index (χ2v) is 4.61. The Balaban J connectivity index is 2.23. The smallest absolute Gasteiger partial charge is 0.252 e. The van der Waals surface area contributed by atoms with Crippen molar-refractivity contribution in [2.24, 2.45) is 5.10 Å². The number of hydrazone groups is 1. The lowest BCUT2D eigenvalue weighted by atomic mass is 10.1. The van der Waals surface area contributed by atoms with E-state index in [4.69, 9.17) is 9.47 Å². The number of rotatable bonds is 5. The van der Waals surface area contributed by atoms with Gasteiger partial charge in [-0.25, -0.2) is 10.4 Å². The lowest BCUT2D eigenvalue weighted by Crippen LogP contribution is -2.11. The lowest BCUT2D eigenvalue weighted by Gasteiger charge is -2.09. The molecule has 7 heteroatoms. The molecule has 0 atom stereocenters. The van der Waals surface area contributed by atoms with Crippen LogP contribution >= 0.6 is 0 Å². The van der Waals surface area contributed by atoms with Crippen LogP contribution in [0.1, 0.15) is 18.2 Å². The Morgan fingerprint density at radius 2 is 1.95 bits per heavy atom. The first-order valence-corrected chi connectivity index (χ1v) is 6.64. The van der Waals surface area contributed by atoms with Crippen LogP contribution in [0.5, 0.6) is 11.5 Å². The van der Waals surface area contributed by atoms with Crippen LogP contribution in [-0.4, -0.2) is 29.9 Å². The van der Waals surface area contributed by atoms with Gasteiger partial charge < -0.3 is 9.47 Å². The third kappa shape index (κ3) is 3.63. The summed E-state index contributed by atoms with van der Waals surface area (Å²) < 4.78 is 10.5. The molecule has 1 aromatic heterocycles. The summed E-state index contributed by atoms with van der Waals surface area (Å²) in [6.45, 7) is 3.58. The Kier molecular flexibility index (Phi) is 4.77. The molecule has 0 aliphatic rings. The van der Waals surface area contributed by atoms with E-state index < -0.39 is 0 Å². The van der Waals surface area contributed by atoms with Gasteiger partial charge in [-0.1, -0.05) is 0 Å².